The topological polar surface area (TPSA) is 842 Å². The number of H-pyrrole nitrogens is 2. The van der Waals surface area contributed by atoms with E-state index in [0.29, 0.717) is 0 Å². The molecule has 0 amide bonds. The van der Waals surface area contributed by atoms with Gasteiger partial charge in [-0.15, -0.1) is 0 Å². The molecule has 0 bridgehead atoms. The molecule has 20 N–H and O–H groups in total. The molecular formula is C10H28N4O26Re2W4-36. The van der Waals surface area contributed by atoms with E-state index in [-0.39, 0.29) is 267 Å². The Morgan fingerprint density at radius 2 is 0.370 bits per heavy atom. The van der Waals surface area contributed by atoms with Gasteiger partial charge in [0.15, 0.2) is 24.8 Å². The van der Waals surface area contributed by atoms with Gasteiger partial charge in [0.05, 0.1) is 0 Å². The third-order valence-corrected chi connectivity index (χ3v) is 1.49. The molecular weight excluding hydrogens is 1700 g/mol. The Labute approximate surface area is 346 Å². The fourth-order valence-corrected chi connectivity index (χ4v) is 0.800. The summed E-state index contributed by atoms with van der Waals surface area (Å²) in [6.07, 6.45) is 7.15. The monoisotopic (exact) mass is 1730 g/mol. The number of aromatic nitrogens is 2. The minimum atomic E-state index is 0. The molecule has 2 aromatic heterocycles. The summed E-state index contributed by atoms with van der Waals surface area (Å²) in [5.74, 6) is 0. The van der Waals surface area contributed by atoms with Gasteiger partial charge in [-0.25, -0.2) is 9.97 Å². The van der Waals surface area contributed by atoms with Crippen molar-refractivity contribution >= 4 is 11.4 Å². The predicted molar refractivity (Wildman–Crippen MR) is 93.2 cm³/mol. The number of hydrogen-bond donors (Lipinski definition) is 2. The van der Waals surface area contributed by atoms with E-state index in [0.717, 1.165) is 11.4 Å². The van der Waals surface area contributed by atoms with Crippen LogP contribution in [-0.2, 0) is 229 Å². The minimum absolute atomic E-state index is 0. The quantitative estimate of drug-likeness (QED) is 0.260. The van der Waals surface area contributed by atoms with E-state index in [1.165, 1.54) is 0 Å². The summed E-state index contributed by atoms with van der Waals surface area (Å²) >= 11 is 0. The summed E-state index contributed by atoms with van der Waals surface area (Å²) in [5, 5.41) is 0. The van der Waals surface area contributed by atoms with Crippen LogP contribution in [0.3, 0.4) is 0 Å². The summed E-state index contributed by atoms with van der Waals surface area (Å²) < 4.78 is 0. The summed E-state index contributed by atoms with van der Waals surface area (Å²) in [6, 6.07) is 7.22. The van der Waals surface area contributed by atoms with Crippen LogP contribution in [0.1, 0.15) is 0 Å². The van der Waals surface area contributed by atoms with E-state index in [1.807, 2.05) is 0 Å². The zero-order valence-corrected chi connectivity index (χ0v) is 38.6. The van der Waals surface area contributed by atoms with Crippen molar-refractivity contribution < 1.29 is 277 Å². The van der Waals surface area contributed by atoms with Gasteiger partial charge in [0.1, 0.15) is 0 Å². The second-order valence-corrected chi connectivity index (χ2v) is 2.67. The van der Waals surface area contributed by atoms with Gasteiger partial charge in [-0.2, -0.15) is 0 Å². The maximum absolute atomic E-state index is 5.34. The van der Waals surface area contributed by atoms with Crippen molar-refractivity contribution in [3.63, 3.8) is 0 Å². The Balaban J connectivity index is -0.00000000168. The molecule has 2 rings (SSSR count). The molecule has 0 atom stereocenters. The number of nitrogens with two attached hydrogens (primary N) is 2. The number of rotatable bonds is 0. The van der Waals surface area contributed by atoms with Crippen molar-refractivity contribution in [2.45, 2.75) is 0 Å². The third kappa shape index (κ3) is 302. The average Bonchev–Trinajstić information content (AvgIpc) is 2.21. The normalized spacial score (nSPS) is 2.61. The van der Waals surface area contributed by atoms with Crippen molar-refractivity contribution in [2.24, 2.45) is 0 Å². The first-order valence-corrected chi connectivity index (χ1v) is 4.22. The van der Waals surface area contributed by atoms with Crippen LogP contribution in [0, 0.1) is 0 Å². The summed E-state index contributed by atoms with van der Waals surface area (Å²) in [4.78, 5) is 5.71. The molecule has 2 radical (unpaired) electrons. The van der Waals surface area contributed by atoms with Gasteiger partial charge in [0.25, 0.3) is 0 Å². The molecule has 2 heterocycles. The van der Waals surface area contributed by atoms with Crippen molar-refractivity contribution in [1.29, 1.82) is 0 Å². The molecule has 46 heavy (non-hydrogen) atoms. The van der Waals surface area contributed by atoms with Crippen LogP contribution in [0.4, 0.5) is 11.4 Å². The zero-order chi connectivity index (χ0) is 10.2. The summed E-state index contributed by atoms with van der Waals surface area (Å²) in [5.41, 5.74) is 12.3. The van der Waals surface area contributed by atoms with E-state index < -0.39 is 0 Å². The summed E-state index contributed by atoms with van der Waals surface area (Å²) in [7, 11) is 0. The number of hydrogen-bond acceptors (Lipinski definition) is 2. The van der Waals surface area contributed by atoms with Crippen LogP contribution in [-0.4, -0.2) is 38.3 Å². The molecule has 36 heteroatoms. The molecule has 0 unspecified atom stereocenters. The molecule has 0 aliphatic carbocycles. The van der Waals surface area contributed by atoms with Crippen LogP contribution >= 0.6 is 0 Å². The van der Waals surface area contributed by atoms with Gasteiger partial charge in [0.2, 0.25) is 0 Å². The average molecular weight is 1730 g/mol. The number of pyridine rings is 2. The minimum Gasteiger partial charge on any atom is -2.00 e. The predicted octanol–water partition coefficient (Wildman–Crippen LogP) is -7.88. The van der Waals surface area contributed by atoms with E-state index >= 15 is 0 Å². The maximum Gasteiger partial charge on any atom is 0.169 e. The SMILES string of the molecule is Nc1cc[nH+]cc1.Nc1cc[nH+]cc1.O.O.O.O.O.O.O.[O-2].[O-2].[O-2].[O-2].[O-2].[O-2].[O-2].[O-2].[O-2].[O-2].[O-2].[O-2].[O-2].[O-2].[O-2].[O-2].[O-2].[O-2].[O-2].[Re].[Re].[W].[W].[W].[W]. The third-order valence-electron chi connectivity index (χ3n) is 1.49. The van der Waals surface area contributed by atoms with Gasteiger partial charge in [-0.05, 0) is 0 Å². The maximum atomic E-state index is 5.34. The fourth-order valence-electron chi connectivity index (χ4n) is 0.800. The Bertz CT molecular complexity index is 378. The smallest absolute Gasteiger partial charge is 0.169 e. The van der Waals surface area contributed by atoms with Crippen molar-refractivity contribution in [3.05, 3.63) is 49.1 Å². The van der Waals surface area contributed by atoms with E-state index in [1.54, 1.807) is 49.1 Å². The first-order valence-electron chi connectivity index (χ1n) is 4.22. The molecule has 0 aliphatic heterocycles. The first-order chi connectivity index (χ1) is 6.79. The molecule has 0 saturated carbocycles. The molecule has 30 nitrogen and oxygen atoms in total. The summed E-state index contributed by atoms with van der Waals surface area (Å²) in [6.45, 7) is 0. The molecule has 2 aromatic rings. The second kappa shape index (κ2) is 323. The van der Waals surface area contributed by atoms with E-state index in [4.69, 9.17) is 11.5 Å². The molecule has 0 fully saturated rings. The largest absolute Gasteiger partial charge is 2.00 e. The zero-order valence-electron chi connectivity index (χ0n) is 21.4. The van der Waals surface area contributed by atoms with E-state index in [9.17, 15) is 0 Å². The van der Waals surface area contributed by atoms with Crippen molar-refractivity contribution in [2.75, 3.05) is 11.5 Å². The van der Waals surface area contributed by atoms with Crippen molar-refractivity contribution in [1.82, 2.24) is 0 Å². The number of nitrogen functional groups attached to an aromatic ring is 2. The van der Waals surface area contributed by atoms with Gasteiger partial charge in [0, 0.05) is 161 Å². The Hall–Kier alpha value is 0.938. The Kier molecular flexibility index (Phi) is 3120. The van der Waals surface area contributed by atoms with Crippen LogP contribution in [0.5, 0.6) is 0 Å². The van der Waals surface area contributed by atoms with Crippen LogP contribution < -0.4 is 21.4 Å². The van der Waals surface area contributed by atoms with Gasteiger partial charge in [-0.3, -0.25) is 0 Å². The molecule has 0 aromatic carbocycles. The fraction of sp³-hybridized carbons (Fsp3) is 0. The number of nitrogens with one attached hydrogen (secondary N) is 2. The van der Waals surface area contributed by atoms with Crippen molar-refractivity contribution in [3.8, 4) is 0 Å². The molecule has 318 valence electrons. The standard InChI is InChI=1S/2C5H6N2.7H2O.19O.2Re.4W/c2*6-5-1-3-7-4-2-5;;;;;;;;;;;;;;;;;;;;;;;;;;;;;;;;/h2*1-4H,(H2,6,7);7*1H2;;;;;;;;;;;;;;;;;;;;;;;;;/q;;;;;;;;;19*-2;;;;;;/p+2. The van der Waals surface area contributed by atoms with Crippen LogP contribution in [0.2, 0.25) is 0 Å². The van der Waals surface area contributed by atoms with Gasteiger partial charge < -0.3 is 154 Å². The van der Waals surface area contributed by atoms with E-state index in [2.05, 4.69) is 9.97 Å². The second-order valence-electron chi connectivity index (χ2n) is 2.67. The number of anilines is 2. The Morgan fingerprint density at radius 1 is 0.283 bits per heavy atom. The van der Waals surface area contributed by atoms with Crippen LogP contribution in [0.25, 0.3) is 0 Å². The Morgan fingerprint density at radius 3 is 0.413 bits per heavy atom. The molecule has 0 spiro atoms. The molecule has 0 saturated heterocycles. The van der Waals surface area contributed by atoms with Gasteiger partial charge >= 0.3 is 0 Å². The van der Waals surface area contributed by atoms with Gasteiger partial charge in [-0.1, -0.05) is 0 Å². The first kappa shape index (κ1) is 444. The molecule has 0 aliphatic rings. The van der Waals surface area contributed by atoms with Crippen LogP contribution in [0.15, 0.2) is 49.1 Å². The number of aromatic amines is 2.